The number of hydrogen-bond acceptors (Lipinski definition) is 4. The fourth-order valence-electron chi connectivity index (χ4n) is 2.95. The van der Waals surface area contributed by atoms with Crippen LogP contribution in [-0.4, -0.2) is 30.6 Å². The highest BCUT2D eigenvalue weighted by molar-refractivity contribution is 5.96. The molecule has 2 heterocycles. The summed E-state index contributed by atoms with van der Waals surface area (Å²) in [5, 5.41) is 0. The van der Waals surface area contributed by atoms with E-state index in [1.807, 2.05) is 27.7 Å². The number of esters is 1. The summed E-state index contributed by atoms with van der Waals surface area (Å²) in [6, 6.07) is 0. The average molecular weight is 252 g/mol. The zero-order valence-corrected chi connectivity index (χ0v) is 11.5. The number of rotatable bonds is 2. The van der Waals surface area contributed by atoms with Gasteiger partial charge < -0.3 is 9.47 Å². The van der Waals surface area contributed by atoms with Crippen LogP contribution in [0.25, 0.3) is 0 Å². The van der Waals surface area contributed by atoms with E-state index < -0.39 is 17.7 Å². The third kappa shape index (κ3) is 1.70. The maximum atomic E-state index is 12.4. The maximum Gasteiger partial charge on any atom is 0.336 e. The Morgan fingerprint density at radius 3 is 2.61 bits per heavy atom. The van der Waals surface area contributed by atoms with Crippen LogP contribution in [0.2, 0.25) is 0 Å². The van der Waals surface area contributed by atoms with E-state index in [0.717, 1.165) is 0 Å². The van der Waals surface area contributed by atoms with E-state index >= 15 is 0 Å². The van der Waals surface area contributed by atoms with Crippen LogP contribution < -0.4 is 0 Å². The number of hydrogen-bond donors (Lipinski definition) is 0. The van der Waals surface area contributed by atoms with E-state index in [2.05, 4.69) is 0 Å². The Morgan fingerprint density at radius 1 is 1.50 bits per heavy atom. The van der Waals surface area contributed by atoms with Crippen LogP contribution in [0.4, 0.5) is 0 Å². The Morgan fingerprint density at radius 2 is 2.11 bits per heavy atom. The van der Waals surface area contributed by atoms with Gasteiger partial charge in [-0.15, -0.1) is 0 Å². The van der Waals surface area contributed by atoms with E-state index in [1.165, 1.54) is 7.11 Å². The Labute approximate surface area is 107 Å². The molecule has 2 aliphatic heterocycles. The van der Waals surface area contributed by atoms with Crippen molar-refractivity contribution in [1.82, 2.24) is 0 Å². The minimum Gasteiger partial charge on any atom is -0.466 e. The van der Waals surface area contributed by atoms with Gasteiger partial charge in [-0.1, -0.05) is 20.8 Å². The lowest BCUT2D eigenvalue weighted by atomic mass is 9.75. The molecule has 0 aromatic rings. The minimum absolute atomic E-state index is 0.139. The molecule has 4 atom stereocenters. The monoisotopic (exact) mass is 252 g/mol. The standard InChI is InChI=1S/C14H20O4/c1-7(2)10-11(15)8(3)14(4)6-9(12(10)18-14)13(16)17-5/h6-8,10,12H,1-5H3/t8-,10+,12-,14+/m0/s1. The van der Waals surface area contributed by atoms with E-state index in [0.29, 0.717) is 5.57 Å². The first-order valence-corrected chi connectivity index (χ1v) is 6.34. The third-order valence-electron chi connectivity index (χ3n) is 4.21. The summed E-state index contributed by atoms with van der Waals surface area (Å²) >= 11 is 0. The van der Waals surface area contributed by atoms with Crippen LogP contribution in [-0.2, 0) is 19.1 Å². The number of fused-ring (bicyclic) bond motifs is 2. The Bertz CT molecular complexity index is 424. The fraction of sp³-hybridized carbons (Fsp3) is 0.714. The topological polar surface area (TPSA) is 52.6 Å². The van der Waals surface area contributed by atoms with Crippen molar-refractivity contribution in [3.63, 3.8) is 0 Å². The van der Waals surface area contributed by atoms with Crippen molar-refractivity contribution in [1.29, 1.82) is 0 Å². The lowest BCUT2D eigenvalue weighted by Crippen LogP contribution is -2.51. The van der Waals surface area contributed by atoms with Gasteiger partial charge in [0.25, 0.3) is 0 Å². The second-order valence-electron chi connectivity index (χ2n) is 5.71. The SMILES string of the molecule is COC(=O)C1=C[C@@]2(C)O[C@@H]1[C@H](C(C)C)C(=O)[C@@H]2C. The molecule has 100 valence electrons. The smallest absolute Gasteiger partial charge is 0.336 e. The number of methoxy groups -OCH3 is 1. The average Bonchev–Trinajstić information content (AvgIpc) is 2.62. The van der Waals surface area contributed by atoms with Crippen LogP contribution in [0.5, 0.6) is 0 Å². The number of Topliss-reactive ketones (excluding diaryl/α,β-unsaturated/α-hetero) is 1. The molecule has 2 aliphatic rings. The number of carbonyl (C=O) groups is 2. The summed E-state index contributed by atoms with van der Waals surface area (Å²) in [4.78, 5) is 24.2. The van der Waals surface area contributed by atoms with Crippen molar-refractivity contribution in [2.45, 2.75) is 39.4 Å². The van der Waals surface area contributed by atoms with Gasteiger partial charge in [-0.2, -0.15) is 0 Å². The van der Waals surface area contributed by atoms with Gasteiger partial charge in [0.15, 0.2) is 0 Å². The largest absolute Gasteiger partial charge is 0.466 e. The van der Waals surface area contributed by atoms with E-state index in [1.54, 1.807) is 6.08 Å². The Hall–Kier alpha value is -1.16. The molecule has 0 spiro atoms. The highest BCUT2D eigenvalue weighted by atomic mass is 16.5. The van der Waals surface area contributed by atoms with E-state index in [4.69, 9.17) is 9.47 Å². The second kappa shape index (κ2) is 4.19. The van der Waals surface area contributed by atoms with Gasteiger partial charge in [0.05, 0.1) is 24.2 Å². The van der Waals surface area contributed by atoms with Gasteiger partial charge in [0, 0.05) is 5.92 Å². The summed E-state index contributed by atoms with van der Waals surface area (Å²) in [5.74, 6) is -0.569. The van der Waals surface area contributed by atoms with Crippen molar-refractivity contribution >= 4 is 11.8 Å². The molecule has 2 rings (SSSR count). The van der Waals surface area contributed by atoms with Gasteiger partial charge in [0.1, 0.15) is 11.9 Å². The van der Waals surface area contributed by atoms with Gasteiger partial charge in [-0.05, 0) is 18.9 Å². The molecule has 0 N–H and O–H groups in total. The minimum atomic E-state index is -0.670. The van der Waals surface area contributed by atoms with Gasteiger partial charge >= 0.3 is 5.97 Å². The molecule has 2 bridgehead atoms. The summed E-state index contributed by atoms with van der Waals surface area (Å²) in [6.07, 6.45) is 1.32. The molecule has 0 amide bonds. The first-order valence-electron chi connectivity index (χ1n) is 6.34. The molecule has 1 fully saturated rings. The number of carbonyl (C=O) groups excluding carboxylic acids is 2. The summed E-state index contributed by atoms with van der Waals surface area (Å²) in [5.41, 5.74) is -0.173. The molecular formula is C14H20O4. The van der Waals surface area contributed by atoms with Crippen LogP contribution in [0, 0.1) is 17.8 Å². The van der Waals surface area contributed by atoms with Gasteiger partial charge in [0.2, 0.25) is 0 Å². The first-order chi connectivity index (χ1) is 8.31. The zero-order valence-electron chi connectivity index (χ0n) is 11.5. The van der Waals surface area contributed by atoms with E-state index in [9.17, 15) is 9.59 Å². The molecule has 0 unspecified atom stereocenters. The second-order valence-corrected chi connectivity index (χ2v) is 5.71. The predicted octanol–water partition coefficient (Wildman–Crippen LogP) is 1.73. The summed E-state index contributed by atoms with van der Waals surface area (Å²) in [6.45, 7) is 7.68. The lowest BCUT2D eigenvalue weighted by Gasteiger charge is -2.41. The van der Waals surface area contributed by atoms with Crippen LogP contribution in [0.3, 0.4) is 0 Å². The normalized spacial score (nSPS) is 38.9. The van der Waals surface area contributed by atoms with Crippen molar-refractivity contribution in [2.24, 2.45) is 17.8 Å². The fourth-order valence-corrected chi connectivity index (χ4v) is 2.95. The maximum absolute atomic E-state index is 12.4. The summed E-state index contributed by atoms with van der Waals surface area (Å²) < 4.78 is 10.8. The molecule has 1 saturated heterocycles. The van der Waals surface area contributed by atoms with Crippen LogP contribution in [0.15, 0.2) is 11.6 Å². The molecule has 4 heteroatoms. The van der Waals surface area contributed by atoms with Crippen LogP contribution >= 0.6 is 0 Å². The lowest BCUT2D eigenvalue weighted by molar-refractivity contribution is -0.163. The third-order valence-corrected chi connectivity index (χ3v) is 4.21. The first kappa shape index (κ1) is 13.3. The van der Waals surface area contributed by atoms with Crippen LogP contribution in [0.1, 0.15) is 27.7 Å². The quantitative estimate of drug-likeness (QED) is 0.702. The van der Waals surface area contributed by atoms with Crippen molar-refractivity contribution < 1.29 is 19.1 Å². The highest BCUT2D eigenvalue weighted by Gasteiger charge is 2.56. The number of ketones is 1. The molecule has 18 heavy (non-hydrogen) atoms. The predicted molar refractivity (Wildman–Crippen MR) is 65.9 cm³/mol. The molecule has 0 radical (unpaired) electrons. The highest BCUT2D eigenvalue weighted by Crippen LogP contribution is 2.46. The summed E-state index contributed by atoms with van der Waals surface area (Å²) in [7, 11) is 1.35. The van der Waals surface area contributed by atoms with Crippen molar-refractivity contribution in [3.05, 3.63) is 11.6 Å². The Kier molecular flexibility index (Phi) is 3.09. The van der Waals surface area contributed by atoms with Crippen molar-refractivity contribution in [3.8, 4) is 0 Å². The molecule has 0 saturated carbocycles. The Balaban J connectivity index is 2.45. The van der Waals surface area contributed by atoms with Gasteiger partial charge in [-0.3, -0.25) is 4.79 Å². The molecule has 0 aromatic carbocycles. The molecule has 4 nitrogen and oxygen atoms in total. The molecule has 0 aliphatic carbocycles. The van der Waals surface area contributed by atoms with Gasteiger partial charge in [-0.25, -0.2) is 4.79 Å². The number of ether oxygens (including phenoxy) is 2. The van der Waals surface area contributed by atoms with E-state index in [-0.39, 0.29) is 23.5 Å². The molecular weight excluding hydrogens is 232 g/mol. The molecule has 0 aromatic heterocycles. The van der Waals surface area contributed by atoms with Crippen molar-refractivity contribution in [2.75, 3.05) is 7.11 Å². The zero-order chi connectivity index (χ0) is 13.7.